The zero-order valence-electron chi connectivity index (χ0n) is 9.41. The predicted molar refractivity (Wildman–Crippen MR) is 71.4 cm³/mol. The van der Waals surface area contributed by atoms with Gasteiger partial charge in [0, 0.05) is 14.3 Å². The summed E-state index contributed by atoms with van der Waals surface area (Å²) in [5.74, 6) is 0.121. The smallest absolute Gasteiger partial charge is 0.417 e. The summed E-state index contributed by atoms with van der Waals surface area (Å²) in [6, 6.07) is 10.4. The average Bonchev–Trinajstić information content (AvgIpc) is 2.33. The first-order chi connectivity index (χ1) is 8.86. The van der Waals surface area contributed by atoms with Gasteiger partial charge in [-0.25, -0.2) is 0 Å². The maximum atomic E-state index is 12.7. The summed E-state index contributed by atoms with van der Waals surface area (Å²) in [5, 5.41) is 9.15. The van der Waals surface area contributed by atoms with Crippen LogP contribution in [0.3, 0.4) is 0 Å². The summed E-state index contributed by atoms with van der Waals surface area (Å²) in [6.45, 7) is 0. The summed E-state index contributed by atoms with van der Waals surface area (Å²) in [7, 11) is 0. The molecular formula is C13H8BrF3OS. The normalized spacial score (nSPS) is 11.6. The molecule has 2 rings (SSSR count). The van der Waals surface area contributed by atoms with E-state index in [1.165, 1.54) is 30.0 Å². The monoisotopic (exact) mass is 348 g/mol. The van der Waals surface area contributed by atoms with Crippen LogP contribution in [0.4, 0.5) is 13.2 Å². The first-order valence-corrected chi connectivity index (χ1v) is 6.81. The van der Waals surface area contributed by atoms with Gasteiger partial charge >= 0.3 is 6.18 Å². The number of rotatable bonds is 2. The second kappa shape index (κ2) is 5.46. The molecule has 0 aliphatic carbocycles. The first kappa shape index (κ1) is 14.3. The van der Waals surface area contributed by atoms with Gasteiger partial charge in [-0.2, -0.15) is 13.2 Å². The highest BCUT2D eigenvalue weighted by molar-refractivity contribution is 9.10. The summed E-state index contributed by atoms with van der Waals surface area (Å²) in [4.78, 5) is 1.24. The van der Waals surface area contributed by atoms with Crippen molar-refractivity contribution in [2.45, 2.75) is 16.0 Å². The lowest BCUT2D eigenvalue weighted by molar-refractivity contribution is -0.138. The minimum atomic E-state index is -4.38. The van der Waals surface area contributed by atoms with E-state index in [1.807, 2.05) is 0 Å². The molecule has 100 valence electrons. The van der Waals surface area contributed by atoms with E-state index in [9.17, 15) is 13.2 Å². The molecule has 2 aromatic carbocycles. The predicted octanol–water partition coefficient (Wildman–Crippen LogP) is 5.32. The Morgan fingerprint density at radius 3 is 2.11 bits per heavy atom. The van der Waals surface area contributed by atoms with E-state index < -0.39 is 11.7 Å². The first-order valence-electron chi connectivity index (χ1n) is 5.20. The molecule has 0 spiro atoms. The topological polar surface area (TPSA) is 20.2 Å². The zero-order valence-corrected chi connectivity index (χ0v) is 11.8. The van der Waals surface area contributed by atoms with Gasteiger partial charge in [0.25, 0.3) is 0 Å². The van der Waals surface area contributed by atoms with Crippen molar-refractivity contribution in [1.29, 1.82) is 0 Å². The number of hydrogen-bond acceptors (Lipinski definition) is 2. The standard InChI is InChI=1S/C13H8BrF3OS/c14-12-6-5-10(7-11(12)13(15,16)17)19-9-3-1-8(18)2-4-9/h1-7,18H. The minimum Gasteiger partial charge on any atom is -0.508 e. The molecule has 0 aromatic heterocycles. The molecule has 2 aromatic rings. The number of alkyl halides is 3. The fourth-order valence-corrected chi connectivity index (χ4v) is 2.76. The Hall–Kier alpha value is -1.14. The van der Waals surface area contributed by atoms with Gasteiger partial charge in [-0.3, -0.25) is 0 Å². The number of hydrogen-bond donors (Lipinski definition) is 1. The van der Waals surface area contributed by atoms with Gasteiger partial charge in [0.1, 0.15) is 5.75 Å². The molecule has 0 atom stereocenters. The second-order valence-electron chi connectivity index (χ2n) is 3.74. The van der Waals surface area contributed by atoms with Crippen molar-refractivity contribution < 1.29 is 18.3 Å². The molecule has 0 fully saturated rings. The van der Waals surface area contributed by atoms with Gasteiger partial charge in [0.05, 0.1) is 5.56 Å². The SMILES string of the molecule is Oc1ccc(Sc2ccc(Br)c(C(F)(F)F)c2)cc1. The van der Waals surface area contributed by atoms with Crippen molar-refractivity contribution in [2.75, 3.05) is 0 Å². The molecule has 0 radical (unpaired) electrons. The van der Waals surface area contributed by atoms with Crippen molar-refractivity contribution in [2.24, 2.45) is 0 Å². The highest BCUT2D eigenvalue weighted by Gasteiger charge is 2.33. The van der Waals surface area contributed by atoms with Gasteiger partial charge in [0.15, 0.2) is 0 Å². The highest BCUT2D eigenvalue weighted by Crippen LogP contribution is 2.38. The van der Waals surface area contributed by atoms with Crippen molar-refractivity contribution in [3.05, 3.63) is 52.5 Å². The lowest BCUT2D eigenvalue weighted by Gasteiger charge is -2.11. The number of phenols is 1. The van der Waals surface area contributed by atoms with Crippen molar-refractivity contribution in [3.63, 3.8) is 0 Å². The van der Waals surface area contributed by atoms with Crippen molar-refractivity contribution >= 4 is 27.7 Å². The van der Waals surface area contributed by atoms with Gasteiger partial charge in [-0.05, 0) is 42.5 Å². The Bertz CT molecular complexity index is 581. The second-order valence-corrected chi connectivity index (χ2v) is 5.74. The Kier molecular flexibility index (Phi) is 4.10. The third-order valence-corrected chi connectivity index (χ3v) is 4.00. The van der Waals surface area contributed by atoms with Crippen LogP contribution in [0.15, 0.2) is 56.7 Å². The highest BCUT2D eigenvalue weighted by atomic mass is 79.9. The Balaban J connectivity index is 2.29. The molecule has 0 aliphatic heterocycles. The van der Waals surface area contributed by atoms with E-state index in [0.717, 1.165) is 11.0 Å². The molecule has 0 amide bonds. The van der Waals surface area contributed by atoms with Crippen LogP contribution in [0, 0.1) is 0 Å². The Morgan fingerprint density at radius 1 is 0.947 bits per heavy atom. The summed E-state index contributed by atoms with van der Waals surface area (Å²) in [6.07, 6.45) is -4.38. The van der Waals surface area contributed by atoms with Crippen LogP contribution in [0.5, 0.6) is 5.75 Å². The van der Waals surface area contributed by atoms with Gasteiger partial charge in [-0.15, -0.1) is 0 Å². The van der Waals surface area contributed by atoms with Gasteiger partial charge in [0.2, 0.25) is 0 Å². The third-order valence-electron chi connectivity index (χ3n) is 2.32. The van der Waals surface area contributed by atoms with Crippen LogP contribution >= 0.6 is 27.7 Å². The molecule has 0 saturated heterocycles. The van der Waals surface area contributed by atoms with E-state index in [2.05, 4.69) is 15.9 Å². The maximum absolute atomic E-state index is 12.7. The molecular weight excluding hydrogens is 341 g/mol. The average molecular weight is 349 g/mol. The lowest BCUT2D eigenvalue weighted by Crippen LogP contribution is -2.05. The van der Waals surface area contributed by atoms with Crippen LogP contribution in [-0.2, 0) is 6.18 Å². The zero-order chi connectivity index (χ0) is 14.0. The lowest BCUT2D eigenvalue weighted by atomic mass is 10.2. The molecule has 0 unspecified atom stereocenters. The summed E-state index contributed by atoms with van der Waals surface area (Å²) in [5.41, 5.74) is -0.698. The summed E-state index contributed by atoms with van der Waals surface area (Å²) < 4.78 is 38.3. The van der Waals surface area contributed by atoms with Crippen molar-refractivity contribution in [1.82, 2.24) is 0 Å². The molecule has 1 nitrogen and oxygen atoms in total. The molecule has 0 saturated carbocycles. The fourth-order valence-electron chi connectivity index (χ4n) is 1.44. The quantitative estimate of drug-likeness (QED) is 0.791. The van der Waals surface area contributed by atoms with Crippen LogP contribution in [0.2, 0.25) is 0 Å². The third kappa shape index (κ3) is 3.67. The number of benzene rings is 2. The Labute approximate surface area is 120 Å². The van der Waals surface area contributed by atoms with Gasteiger partial charge < -0.3 is 5.11 Å². The fraction of sp³-hybridized carbons (Fsp3) is 0.0769. The van der Waals surface area contributed by atoms with E-state index in [1.54, 1.807) is 18.2 Å². The molecule has 6 heteroatoms. The largest absolute Gasteiger partial charge is 0.508 e. The maximum Gasteiger partial charge on any atom is 0.417 e. The van der Waals surface area contributed by atoms with E-state index >= 15 is 0 Å². The molecule has 0 bridgehead atoms. The van der Waals surface area contributed by atoms with Crippen LogP contribution in [-0.4, -0.2) is 5.11 Å². The van der Waals surface area contributed by atoms with Crippen LogP contribution < -0.4 is 0 Å². The van der Waals surface area contributed by atoms with Crippen LogP contribution in [0.25, 0.3) is 0 Å². The van der Waals surface area contributed by atoms with Crippen molar-refractivity contribution in [3.8, 4) is 5.75 Å². The number of phenolic OH excluding ortho intramolecular Hbond substituents is 1. The molecule has 0 heterocycles. The molecule has 1 N–H and O–H groups in total. The summed E-state index contributed by atoms with van der Waals surface area (Å²) >= 11 is 4.10. The van der Waals surface area contributed by atoms with E-state index in [4.69, 9.17) is 5.11 Å². The number of aromatic hydroxyl groups is 1. The van der Waals surface area contributed by atoms with Gasteiger partial charge in [-0.1, -0.05) is 27.7 Å². The molecule has 19 heavy (non-hydrogen) atoms. The van der Waals surface area contributed by atoms with E-state index in [-0.39, 0.29) is 10.2 Å². The minimum absolute atomic E-state index is 0.0232. The Morgan fingerprint density at radius 2 is 1.53 bits per heavy atom. The number of halogens is 4. The van der Waals surface area contributed by atoms with E-state index in [0.29, 0.717) is 4.90 Å². The molecule has 0 aliphatic rings. The van der Waals surface area contributed by atoms with Crippen LogP contribution in [0.1, 0.15) is 5.56 Å².